The molecule has 0 radical (unpaired) electrons. The van der Waals surface area contributed by atoms with Crippen LogP contribution < -0.4 is 0 Å². The van der Waals surface area contributed by atoms with E-state index in [0.717, 1.165) is 29.8 Å². The van der Waals surface area contributed by atoms with Crippen LogP contribution in [0.25, 0.3) is 21.9 Å². The molecule has 2 heterocycles. The molecule has 0 unspecified atom stereocenters. The smallest absolute Gasteiger partial charge is 0.145 e. The van der Waals surface area contributed by atoms with E-state index in [1.807, 2.05) is 12.3 Å². The van der Waals surface area contributed by atoms with Gasteiger partial charge in [0.2, 0.25) is 0 Å². The van der Waals surface area contributed by atoms with Crippen molar-refractivity contribution in [2.45, 2.75) is 19.9 Å². The molecule has 0 fully saturated rings. The summed E-state index contributed by atoms with van der Waals surface area (Å²) < 4.78 is 2.29. The zero-order valence-corrected chi connectivity index (χ0v) is 12.5. The number of fused-ring (bicyclic) bond motifs is 3. The molecule has 0 atom stereocenters. The number of benzene rings is 2. The van der Waals surface area contributed by atoms with Gasteiger partial charge in [-0.3, -0.25) is 0 Å². The molecule has 0 bridgehead atoms. The lowest BCUT2D eigenvalue weighted by Gasteiger charge is -2.07. The van der Waals surface area contributed by atoms with Crippen LogP contribution in [0.2, 0.25) is 0 Å². The lowest BCUT2D eigenvalue weighted by atomic mass is 10.2. The topological polar surface area (TPSA) is 30.7 Å². The average Bonchev–Trinajstić information content (AvgIpc) is 2.89. The van der Waals surface area contributed by atoms with Crippen LogP contribution in [0.15, 0.2) is 60.8 Å². The Morgan fingerprint density at radius 2 is 1.68 bits per heavy atom. The summed E-state index contributed by atoms with van der Waals surface area (Å²) in [5, 5.41) is 2.35. The van der Waals surface area contributed by atoms with Gasteiger partial charge in [0.1, 0.15) is 11.5 Å². The molecule has 3 heteroatoms. The molecule has 0 spiro atoms. The number of hydrogen-bond donors (Lipinski definition) is 0. The second-order valence-electron chi connectivity index (χ2n) is 5.47. The lowest BCUT2D eigenvalue weighted by molar-refractivity contribution is 0.841. The summed E-state index contributed by atoms with van der Waals surface area (Å²) in [6.07, 6.45) is 2.81. The zero-order chi connectivity index (χ0) is 14.9. The maximum absolute atomic E-state index is 4.78. The average molecular weight is 287 g/mol. The summed E-state index contributed by atoms with van der Waals surface area (Å²) in [4.78, 5) is 9.25. The minimum atomic E-state index is 0.824. The minimum Gasteiger partial charge on any atom is -0.321 e. The Bertz CT molecular complexity index is 939. The Hall–Kier alpha value is -2.68. The van der Waals surface area contributed by atoms with Gasteiger partial charge in [0.05, 0.1) is 5.52 Å². The Labute approximate surface area is 129 Å². The third-order valence-electron chi connectivity index (χ3n) is 4.06. The summed E-state index contributed by atoms with van der Waals surface area (Å²) in [6.45, 7) is 2.91. The fourth-order valence-electron chi connectivity index (χ4n) is 2.95. The summed E-state index contributed by atoms with van der Waals surface area (Å²) in [7, 11) is 0. The van der Waals surface area contributed by atoms with Crippen molar-refractivity contribution in [2.24, 2.45) is 0 Å². The highest BCUT2D eigenvalue weighted by Gasteiger charge is 2.12. The molecule has 0 aliphatic carbocycles. The van der Waals surface area contributed by atoms with Gasteiger partial charge in [0.25, 0.3) is 0 Å². The summed E-state index contributed by atoms with van der Waals surface area (Å²) >= 11 is 0. The van der Waals surface area contributed by atoms with Gasteiger partial charge in [-0.2, -0.15) is 0 Å². The molecule has 0 saturated carbocycles. The van der Waals surface area contributed by atoms with Gasteiger partial charge in [0.15, 0.2) is 0 Å². The van der Waals surface area contributed by atoms with Crippen molar-refractivity contribution >= 4 is 21.9 Å². The van der Waals surface area contributed by atoms with E-state index in [1.165, 1.54) is 16.5 Å². The number of nitrogens with zero attached hydrogens (tertiary/aromatic N) is 3. The molecule has 0 N–H and O–H groups in total. The maximum Gasteiger partial charge on any atom is 0.145 e. The van der Waals surface area contributed by atoms with Crippen LogP contribution in [0.4, 0.5) is 0 Å². The Morgan fingerprint density at radius 3 is 2.50 bits per heavy atom. The van der Waals surface area contributed by atoms with Crippen molar-refractivity contribution in [3.63, 3.8) is 0 Å². The van der Waals surface area contributed by atoms with Crippen LogP contribution in [0.5, 0.6) is 0 Å². The molecule has 0 amide bonds. The second-order valence-corrected chi connectivity index (χ2v) is 5.47. The monoisotopic (exact) mass is 287 g/mol. The molecule has 2 aromatic heterocycles. The number of aromatic nitrogens is 3. The Balaban J connectivity index is 2.00. The van der Waals surface area contributed by atoms with Crippen molar-refractivity contribution < 1.29 is 0 Å². The van der Waals surface area contributed by atoms with Crippen molar-refractivity contribution in [3.05, 3.63) is 72.2 Å². The fourth-order valence-corrected chi connectivity index (χ4v) is 2.95. The first kappa shape index (κ1) is 13.0. The van der Waals surface area contributed by atoms with Crippen LogP contribution in [0, 0.1) is 0 Å². The molecule has 0 aliphatic rings. The number of hydrogen-bond acceptors (Lipinski definition) is 2. The second kappa shape index (κ2) is 5.26. The minimum absolute atomic E-state index is 0.824. The van der Waals surface area contributed by atoms with E-state index in [4.69, 9.17) is 4.98 Å². The fraction of sp³-hybridized carbons (Fsp3) is 0.158. The number of para-hydroxylation sites is 1. The van der Waals surface area contributed by atoms with Gasteiger partial charge >= 0.3 is 0 Å². The van der Waals surface area contributed by atoms with Gasteiger partial charge < -0.3 is 4.57 Å². The Kier molecular flexibility index (Phi) is 3.11. The van der Waals surface area contributed by atoms with Crippen LogP contribution in [0.3, 0.4) is 0 Å². The lowest BCUT2D eigenvalue weighted by Crippen LogP contribution is -2.02. The highest BCUT2D eigenvalue weighted by molar-refractivity contribution is 6.06. The van der Waals surface area contributed by atoms with Crippen molar-refractivity contribution in [2.75, 3.05) is 0 Å². The molecule has 3 nitrogen and oxygen atoms in total. The molecule has 4 rings (SSSR count). The van der Waals surface area contributed by atoms with Crippen LogP contribution in [-0.2, 0) is 13.0 Å². The van der Waals surface area contributed by atoms with Crippen LogP contribution in [0.1, 0.15) is 18.3 Å². The van der Waals surface area contributed by atoms with Crippen LogP contribution >= 0.6 is 0 Å². The first-order chi connectivity index (χ1) is 10.9. The van der Waals surface area contributed by atoms with E-state index < -0.39 is 0 Å². The van der Waals surface area contributed by atoms with E-state index in [1.54, 1.807) is 0 Å². The largest absolute Gasteiger partial charge is 0.321 e. The first-order valence-corrected chi connectivity index (χ1v) is 7.63. The molecule has 0 saturated heterocycles. The molecule has 108 valence electrons. The first-order valence-electron chi connectivity index (χ1n) is 7.63. The van der Waals surface area contributed by atoms with Gasteiger partial charge in [-0.25, -0.2) is 9.97 Å². The van der Waals surface area contributed by atoms with E-state index in [0.29, 0.717) is 0 Å². The molecular formula is C19H17N3. The van der Waals surface area contributed by atoms with E-state index >= 15 is 0 Å². The van der Waals surface area contributed by atoms with Crippen molar-refractivity contribution in [1.82, 2.24) is 14.5 Å². The van der Waals surface area contributed by atoms with Crippen LogP contribution in [-0.4, -0.2) is 14.5 Å². The van der Waals surface area contributed by atoms with Crippen molar-refractivity contribution in [3.8, 4) is 0 Å². The molecule has 4 aromatic rings. The van der Waals surface area contributed by atoms with Gasteiger partial charge in [-0.15, -0.1) is 0 Å². The maximum atomic E-state index is 4.78. The third kappa shape index (κ3) is 2.06. The number of aryl methyl sites for hydroxylation is 1. The van der Waals surface area contributed by atoms with Gasteiger partial charge in [-0.05, 0) is 11.6 Å². The molecule has 22 heavy (non-hydrogen) atoms. The SMILES string of the molecule is CCc1ncc2c3ccccc3n(Cc3ccccc3)c2n1. The predicted octanol–water partition coefficient (Wildman–Crippen LogP) is 4.20. The number of rotatable bonds is 3. The highest BCUT2D eigenvalue weighted by atomic mass is 15.1. The highest BCUT2D eigenvalue weighted by Crippen LogP contribution is 2.28. The third-order valence-corrected chi connectivity index (χ3v) is 4.06. The predicted molar refractivity (Wildman–Crippen MR) is 90.0 cm³/mol. The summed E-state index contributed by atoms with van der Waals surface area (Å²) in [6, 6.07) is 19.0. The zero-order valence-electron chi connectivity index (χ0n) is 12.5. The molecule has 0 aliphatic heterocycles. The van der Waals surface area contributed by atoms with Gasteiger partial charge in [-0.1, -0.05) is 55.5 Å². The van der Waals surface area contributed by atoms with E-state index in [-0.39, 0.29) is 0 Å². The quantitative estimate of drug-likeness (QED) is 0.565. The van der Waals surface area contributed by atoms with Crippen molar-refractivity contribution in [1.29, 1.82) is 0 Å². The summed E-state index contributed by atoms with van der Waals surface area (Å²) in [5.74, 6) is 0.893. The summed E-state index contributed by atoms with van der Waals surface area (Å²) in [5.41, 5.74) is 3.52. The normalized spacial score (nSPS) is 11.3. The van der Waals surface area contributed by atoms with E-state index in [2.05, 4.69) is 65.0 Å². The standard InChI is InChI=1S/C19H17N3/c1-2-18-20-12-16-15-10-6-7-11-17(15)22(19(16)21-18)13-14-8-4-3-5-9-14/h3-12H,2,13H2,1H3. The Morgan fingerprint density at radius 1 is 0.909 bits per heavy atom. The molecular weight excluding hydrogens is 270 g/mol. The van der Waals surface area contributed by atoms with E-state index in [9.17, 15) is 0 Å². The van der Waals surface area contributed by atoms with Gasteiger partial charge in [0, 0.05) is 29.9 Å². The molecule has 2 aromatic carbocycles.